The summed E-state index contributed by atoms with van der Waals surface area (Å²) in [4.78, 5) is 15.9. The third-order valence-corrected chi connectivity index (χ3v) is 2.89. The van der Waals surface area contributed by atoms with E-state index in [2.05, 4.69) is 26.2 Å². The molecule has 2 aromatic rings. The lowest BCUT2D eigenvalue weighted by molar-refractivity contribution is 0.101. The van der Waals surface area contributed by atoms with Crippen molar-refractivity contribution >= 4 is 27.5 Å². The number of hydrogen-bond donors (Lipinski definition) is 1. The second-order valence-corrected chi connectivity index (χ2v) is 4.56. The second-order valence-electron chi connectivity index (χ2n) is 3.65. The largest absolute Gasteiger partial charge is 0.330 e. The summed E-state index contributed by atoms with van der Waals surface area (Å²) in [6.45, 7) is 0. The van der Waals surface area contributed by atoms with Gasteiger partial charge in [-0.3, -0.25) is 4.79 Å². The first-order valence-electron chi connectivity index (χ1n) is 5.09. The maximum Gasteiger partial charge on any atom is 0.273 e. The van der Waals surface area contributed by atoms with Gasteiger partial charge in [0, 0.05) is 11.5 Å². The van der Waals surface area contributed by atoms with Crippen LogP contribution in [0.4, 0.5) is 5.69 Å². The highest BCUT2D eigenvalue weighted by molar-refractivity contribution is 9.10. The summed E-state index contributed by atoms with van der Waals surface area (Å²) in [7, 11) is 1.73. The van der Waals surface area contributed by atoms with Crippen molar-refractivity contribution < 1.29 is 4.79 Å². The van der Waals surface area contributed by atoms with Gasteiger partial charge in [-0.25, -0.2) is 4.98 Å². The van der Waals surface area contributed by atoms with Gasteiger partial charge in [-0.2, -0.15) is 5.26 Å². The van der Waals surface area contributed by atoms with E-state index < -0.39 is 0 Å². The minimum atomic E-state index is -0.301. The molecule has 1 amide bonds. The van der Waals surface area contributed by atoms with E-state index in [9.17, 15) is 4.79 Å². The molecule has 5 nitrogen and oxygen atoms in total. The number of rotatable bonds is 2. The summed E-state index contributed by atoms with van der Waals surface area (Å²) in [5.74, 6) is -0.301. The van der Waals surface area contributed by atoms with Crippen molar-refractivity contribution in [3.63, 3.8) is 0 Å². The quantitative estimate of drug-likeness (QED) is 0.925. The van der Waals surface area contributed by atoms with Crippen LogP contribution in [0.1, 0.15) is 16.1 Å². The number of aromatic nitrogens is 2. The standard InChI is InChI=1S/C12H9BrN4O/c1-17-7-15-6-11(17)12(18)16-10-4-9(13)3-2-8(10)5-14/h2-4,6-7H,1H3,(H,16,18). The van der Waals surface area contributed by atoms with Crippen molar-refractivity contribution in [3.8, 4) is 6.07 Å². The molecule has 0 atom stereocenters. The van der Waals surface area contributed by atoms with Crippen LogP contribution in [0.3, 0.4) is 0 Å². The van der Waals surface area contributed by atoms with Crippen LogP contribution in [0.25, 0.3) is 0 Å². The van der Waals surface area contributed by atoms with Gasteiger partial charge in [-0.15, -0.1) is 0 Å². The van der Waals surface area contributed by atoms with E-state index in [-0.39, 0.29) is 5.91 Å². The minimum absolute atomic E-state index is 0.301. The average Bonchev–Trinajstić information content (AvgIpc) is 2.76. The average molecular weight is 305 g/mol. The number of benzene rings is 1. The van der Waals surface area contributed by atoms with E-state index in [0.29, 0.717) is 16.9 Å². The molecular weight excluding hydrogens is 296 g/mol. The number of carbonyl (C=O) groups excluding carboxylic acids is 1. The van der Waals surface area contributed by atoms with Crippen molar-refractivity contribution in [2.45, 2.75) is 0 Å². The Morgan fingerprint density at radius 3 is 2.94 bits per heavy atom. The molecular formula is C12H9BrN4O. The zero-order valence-electron chi connectivity index (χ0n) is 9.51. The van der Waals surface area contributed by atoms with Crippen molar-refractivity contribution in [1.82, 2.24) is 9.55 Å². The Labute approximate surface area is 112 Å². The zero-order valence-corrected chi connectivity index (χ0v) is 11.1. The van der Waals surface area contributed by atoms with Crippen LogP contribution in [0, 0.1) is 11.3 Å². The van der Waals surface area contributed by atoms with Crippen LogP contribution in [0.5, 0.6) is 0 Å². The summed E-state index contributed by atoms with van der Waals surface area (Å²) in [6, 6.07) is 7.11. The Morgan fingerprint density at radius 1 is 1.56 bits per heavy atom. The number of nitriles is 1. The number of nitrogens with one attached hydrogen (secondary N) is 1. The Hall–Kier alpha value is -2.13. The van der Waals surface area contributed by atoms with Crippen LogP contribution in [0.15, 0.2) is 35.2 Å². The molecule has 0 aliphatic heterocycles. The Balaban J connectivity index is 2.30. The molecule has 0 bridgehead atoms. The number of hydrogen-bond acceptors (Lipinski definition) is 3. The Kier molecular flexibility index (Phi) is 3.44. The number of nitrogens with zero attached hydrogens (tertiary/aromatic N) is 3. The fraction of sp³-hybridized carbons (Fsp3) is 0.0833. The van der Waals surface area contributed by atoms with Crippen molar-refractivity contribution in [2.24, 2.45) is 7.05 Å². The summed E-state index contributed by atoms with van der Waals surface area (Å²) < 4.78 is 2.40. The van der Waals surface area contributed by atoms with Gasteiger partial charge in [-0.1, -0.05) is 15.9 Å². The van der Waals surface area contributed by atoms with E-state index in [1.807, 2.05) is 6.07 Å². The molecule has 0 aliphatic carbocycles. The van der Waals surface area contributed by atoms with Crippen molar-refractivity contribution in [3.05, 3.63) is 46.5 Å². The van der Waals surface area contributed by atoms with Gasteiger partial charge < -0.3 is 9.88 Å². The highest BCUT2D eigenvalue weighted by Crippen LogP contribution is 2.21. The number of amides is 1. The van der Waals surface area contributed by atoms with Gasteiger partial charge in [-0.05, 0) is 18.2 Å². The van der Waals surface area contributed by atoms with Crippen LogP contribution in [-0.4, -0.2) is 15.5 Å². The smallest absolute Gasteiger partial charge is 0.273 e. The van der Waals surface area contributed by atoms with E-state index in [1.54, 1.807) is 36.1 Å². The molecule has 1 heterocycles. The summed E-state index contributed by atoms with van der Waals surface area (Å²) in [5.41, 5.74) is 1.31. The molecule has 1 aromatic carbocycles. The molecule has 18 heavy (non-hydrogen) atoms. The molecule has 0 saturated carbocycles. The molecule has 0 fully saturated rings. The van der Waals surface area contributed by atoms with E-state index in [4.69, 9.17) is 5.26 Å². The first kappa shape index (κ1) is 12.3. The van der Waals surface area contributed by atoms with Crippen LogP contribution >= 0.6 is 15.9 Å². The molecule has 0 saturated heterocycles. The molecule has 0 aliphatic rings. The number of imidazole rings is 1. The van der Waals surface area contributed by atoms with Gasteiger partial charge in [0.1, 0.15) is 11.8 Å². The van der Waals surface area contributed by atoms with Gasteiger partial charge in [0.25, 0.3) is 5.91 Å². The highest BCUT2D eigenvalue weighted by atomic mass is 79.9. The first-order valence-corrected chi connectivity index (χ1v) is 5.88. The lowest BCUT2D eigenvalue weighted by Crippen LogP contribution is -2.16. The predicted octanol–water partition coefficient (Wildman–Crippen LogP) is 2.31. The van der Waals surface area contributed by atoms with Gasteiger partial charge in [0.05, 0.1) is 23.8 Å². The zero-order chi connectivity index (χ0) is 13.1. The van der Waals surface area contributed by atoms with E-state index in [1.165, 1.54) is 6.20 Å². The molecule has 90 valence electrons. The SMILES string of the molecule is Cn1cncc1C(=O)Nc1cc(Br)ccc1C#N. The molecule has 1 N–H and O–H groups in total. The topological polar surface area (TPSA) is 70.7 Å². The molecule has 1 aromatic heterocycles. The van der Waals surface area contributed by atoms with E-state index in [0.717, 1.165) is 4.47 Å². The van der Waals surface area contributed by atoms with Crippen LogP contribution < -0.4 is 5.32 Å². The highest BCUT2D eigenvalue weighted by Gasteiger charge is 2.12. The van der Waals surface area contributed by atoms with Crippen LogP contribution in [0.2, 0.25) is 0 Å². The fourth-order valence-electron chi connectivity index (χ4n) is 1.48. The van der Waals surface area contributed by atoms with Crippen molar-refractivity contribution in [1.29, 1.82) is 5.26 Å². The van der Waals surface area contributed by atoms with E-state index >= 15 is 0 Å². The van der Waals surface area contributed by atoms with Crippen LogP contribution in [-0.2, 0) is 7.05 Å². The third-order valence-electron chi connectivity index (χ3n) is 2.40. The molecule has 0 radical (unpaired) electrons. The summed E-state index contributed by atoms with van der Waals surface area (Å²) in [5, 5.41) is 11.7. The summed E-state index contributed by atoms with van der Waals surface area (Å²) >= 11 is 3.30. The number of anilines is 1. The Bertz CT molecular complexity index is 642. The monoisotopic (exact) mass is 304 g/mol. The first-order chi connectivity index (χ1) is 8.61. The summed E-state index contributed by atoms with van der Waals surface area (Å²) in [6.07, 6.45) is 3.01. The fourth-order valence-corrected chi connectivity index (χ4v) is 1.84. The van der Waals surface area contributed by atoms with Crippen molar-refractivity contribution in [2.75, 3.05) is 5.32 Å². The normalized spacial score (nSPS) is 9.83. The third kappa shape index (κ3) is 2.41. The predicted molar refractivity (Wildman–Crippen MR) is 70.0 cm³/mol. The molecule has 0 spiro atoms. The van der Waals surface area contributed by atoms with Gasteiger partial charge in [0.15, 0.2) is 0 Å². The minimum Gasteiger partial charge on any atom is -0.330 e. The maximum absolute atomic E-state index is 12.0. The maximum atomic E-state index is 12.0. The lowest BCUT2D eigenvalue weighted by Gasteiger charge is -2.07. The molecule has 2 rings (SSSR count). The molecule has 0 unspecified atom stereocenters. The van der Waals surface area contributed by atoms with Gasteiger partial charge in [0.2, 0.25) is 0 Å². The Morgan fingerprint density at radius 2 is 2.33 bits per heavy atom. The second kappa shape index (κ2) is 5.02. The number of carbonyl (C=O) groups is 1. The lowest BCUT2D eigenvalue weighted by atomic mass is 10.2. The molecule has 6 heteroatoms. The number of halogens is 1. The number of aryl methyl sites for hydroxylation is 1. The van der Waals surface area contributed by atoms with Gasteiger partial charge >= 0.3 is 0 Å².